The molecule has 0 aliphatic rings. The fourth-order valence-corrected chi connectivity index (χ4v) is 3.14. The van der Waals surface area contributed by atoms with Gasteiger partial charge in [-0.2, -0.15) is 0 Å². The van der Waals surface area contributed by atoms with E-state index in [-0.39, 0.29) is 29.3 Å². The summed E-state index contributed by atoms with van der Waals surface area (Å²) in [7, 11) is 1.88. The zero-order valence-corrected chi connectivity index (χ0v) is 17.0. The minimum absolute atomic E-state index is 0.145. The van der Waals surface area contributed by atoms with Crippen LogP contribution in [-0.4, -0.2) is 28.7 Å². The van der Waals surface area contributed by atoms with E-state index in [4.69, 9.17) is 4.74 Å². The lowest BCUT2D eigenvalue weighted by Gasteiger charge is -2.09. The van der Waals surface area contributed by atoms with Gasteiger partial charge < -0.3 is 9.30 Å². The standard InChI is InChI=1S/C24H23NO4/c1-15-9-11-18(12-10-15)23(27)19-7-5-6-8-20(19)24(28)29-14-22(26)21-13-16(2)25(4)17(21)3/h5-13H,14H2,1-4H3. The van der Waals surface area contributed by atoms with Crippen molar-refractivity contribution in [2.24, 2.45) is 7.05 Å². The third kappa shape index (κ3) is 4.19. The predicted octanol–water partition coefficient (Wildman–Crippen LogP) is 4.22. The maximum Gasteiger partial charge on any atom is 0.339 e. The molecule has 0 saturated carbocycles. The maximum atomic E-state index is 12.8. The number of esters is 1. The molecule has 0 radical (unpaired) electrons. The normalized spacial score (nSPS) is 10.6. The monoisotopic (exact) mass is 389 g/mol. The first-order chi connectivity index (χ1) is 13.8. The Morgan fingerprint density at radius 1 is 0.862 bits per heavy atom. The van der Waals surface area contributed by atoms with Gasteiger partial charge in [0.05, 0.1) is 5.56 Å². The van der Waals surface area contributed by atoms with Gasteiger partial charge in [-0.05, 0) is 32.9 Å². The van der Waals surface area contributed by atoms with E-state index in [2.05, 4.69) is 0 Å². The number of aromatic nitrogens is 1. The van der Waals surface area contributed by atoms with Crippen LogP contribution in [0.4, 0.5) is 0 Å². The van der Waals surface area contributed by atoms with Gasteiger partial charge in [0, 0.05) is 35.1 Å². The van der Waals surface area contributed by atoms with Crippen molar-refractivity contribution in [1.29, 1.82) is 0 Å². The van der Waals surface area contributed by atoms with Crippen molar-refractivity contribution >= 4 is 17.5 Å². The zero-order chi connectivity index (χ0) is 21.1. The number of carbonyl (C=O) groups excluding carboxylic acids is 3. The van der Waals surface area contributed by atoms with Gasteiger partial charge in [-0.15, -0.1) is 0 Å². The molecule has 0 bridgehead atoms. The molecule has 148 valence electrons. The van der Waals surface area contributed by atoms with Crippen LogP contribution in [0.2, 0.25) is 0 Å². The summed E-state index contributed by atoms with van der Waals surface area (Å²) >= 11 is 0. The third-order valence-electron chi connectivity index (χ3n) is 5.12. The molecule has 0 unspecified atom stereocenters. The molecule has 0 aliphatic heterocycles. The van der Waals surface area contributed by atoms with Crippen molar-refractivity contribution in [2.75, 3.05) is 6.61 Å². The first-order valence-electron chi connectivity index (χ1n) is 9.33. The van der Waals surface area contributed by atoms with E-state index in [0.717, 1.165) is 17.0 Å². The first kappa shape index (κ1) is 20.3. The van der Waals surface area contributed by atoms with Crippen LogP contribution in [0.3, 0.4) is 0 Å². The predicted molar refractivity (Wildman–Crippen MR) is 111 cm³/mol. The third-order valence-corrected chi connectivity index (χ3v) is 5.12. The molecule has 1 aromatic heterocycles. The SMILES string of the molecule is Cc1ccc(C(=O)c2ccccc2C(=O)OCC(=O)c2cc(C)n(C)c2C)cc1. The van der Waals surface area contributed by atoms with Gasteiger partial charge in [-0.3, -0.25) is 9.59 Å². The molecule has 0 spiro atoms. The maximum absolute atomic E-state index is 12.8. The number of ether oxygens (including phenoxy) is 1. The van der Waals surface area contributed by atoms with Crippen LogP contribution in [0.15, 0.2) is 54.6 Å². The topological polar surface area (TPSA) is 65.4 Å². The van der Waals surface area contributed by atoms with Crippen molar-refractivity contribution in [3.05, 3.63) is 93.8 Å². The minimum atomic E-state index is -0.695. The molecule has 2 aromatic carbocycles. The van der Waals surface area contributed by atoms with Crippen molar-refractivity contribution in [3.63, 3.8) is 0 Å². The molecule has 3 aromatic rings. The molecule has 0 fully saturated rings. The van der Waals surface area contributed by atoms with Gasteiger partial charge in [-0.1, -0.05) is 48.0 Å². The van der Waals surface area contributed by atoms with Crippen LogP contribution >= 0.6 is 0 Å². The highest BCUT2D eigenvalue weighted by molar-refractivity contribution is 6.14. The Morgan fingerprint density at radius 3 is 2.07 bits per heavy atom. The quantitative estimate of drug-likeness (QED) is 0.468. The lowest BCUT2D eigenvalue weighted by molar-refractivity contribution is 0.0472. The lowest BCUT2D eigenvalue weighted by Crippen LogP contribution is -2.17. The average Bonchev–Trinajstić information content (AvgIpc) is 2.99. The fourth-order valence-electron chi connectivity index (χ4n) is 3.14. The van der Waals surface area contributed by atoms with Crippen molar-refractivity contribution in [3.8, 4) is 0 Å². The van der Waals surface area contributed by atoms with Gasteiger partial charge in [-0.25, -0.2) is 4.79 Å². The minimum Gasteiger partial charge on any atom is -0.454 e. The van der Waals surface area contributed by atoms with Gasteiger partial charge in [0.2, 0.25) is 5.78 Å². The molecule has 0 N–H and O–H groups in total. The fraction of sp³-hybridized carbons (Fsp3) is 0.208. The van der Waals surface area contributed by atoms with Gasteiger partial charge in [0.25, 0.3) is 0 Å². The molecule has 29 heavy (non-hydrogen) atoms. The summed E-state index contributed by atoms with van der Waals surface area (Å²) < 4.78 is 7.15. The van der Waals surface area contributed by atoms with Gasteiger partial charge in [0.1, 0.15) is 0 Å². The molecule has 1 heterocycles. The highest BCUT2D eigenvalue weighted by Gasteiger charge is 2.21. The summed E-state index contributed by atoms with van der Waals surface area (Å²) in [5, 5.41) is 0. The van der Waals surface area contributed by atoms with E-state index < -0.39 is 5.97 Å². The lowest BCUT2D eigenvalue weighted by atomic mass is 9.98. The highest BCUT2D eigenvalue weighted by Crippen LogP contribution is 2.18. The molecule has 0 atom stereocenters. The van der Waals surface area contributed by atoms with Crippen LogP contribution in [0.25, 0.3) is 0 Å². The number of nitrogens with zero attached hydrogens (tertiary/aromatic N) is 1. The van der Waals surface area contributed by atoms with Crippen LogP contribution < -0.4 is 0 Å². The number of hydrogen-bond donors (Lipinski definition) is 0. The second-order valence-corrected chi connectivity index (χ2v) is 7.08. The van der Waals surface area contributed by atoms with Crippen LogP contribution in [0, 0.1) is 20.8 Å². The highest BCUT2D eigenvalue weighted by atomic mass is 16.5. The first-order valence-corrected chi connectivity index (χ1v) is 9.33. The largest absolute Gasteiger partial charge is 0.454 e. The molecule has 3 rings (SSSR count). The molecule has 5 nitrogen and oxygen atoms in total. The smallest absolute Gasteiger partial charge is 0.339 e. The summed E-state index contributed by atoms with van der Waals surface area (Å²) in [6.45, 7) is 5.31. The Balaban J connectivity index is 1.78. The summed E-state index contributed by atoms with van der Waals surface area (Å²) in [4.78, 5) is 37.9. The number of rotatable bonds is 6. The summed E-state index contributed by atoms with van der Waals surface area (Å²) in [5.74, 6) is -1.24. The van der Waals surface area contributed by atoms with Crippen molar-refractivity contribution in [1.82, 2.24) is 4.57 Å². The number of benzene rings is 2. The molecule has 5 heteroatoms. The van der Waals surface area contributed by atoms with E-state index in [1.54, 1.807) is 36.4 Å². The molecular formula is C24H23NO4. The zero-order valence-electron chi connectivity index (χ0n) is 17.0. The van der Waals surface area contributed by atoms with Crippen molar-refractivity contribution < 1.29 is 19.1 Å². The Kier molecular flexibility index (Phi) is 5.78. The van der Waals surface area contributed by atoms with E-state index in [9.17, 15) is 14.4 Å². The molecular weight excluding hydrogens is 366 g/mol. The molecule has 0 amide bonds. The van der Waals surface area contributed by atoms with Crippen LogP contribution in [0.1, 0.15) is 53.6 Å². The Hall–Kier alpha value is -3.47. The second kappa shape index (κ2) is 8.27. The van der Waals surface area contributed by atoms with Gasteiger partial charge in [0.15, 0.2) is 12.4 Å². The van der Waals surface area contributed by atoms with E-state index in [1.165, 1.54) is 6.07 Å². The number of Topliss-reactive ketones (excluding diaryl/α,β-unsaturated/α-hetero) is 1. The van der Waals surface area contributed by atoms with Crippen LogP contribution in [-0.2, 0) is 11.8 Å². The van der Waals surface area contributed by atoms with E-state index in [1.807, 2.05) is 44.5 Å². The summed E-state index contributed by atoms with van der Waals surface area (Å²) in [5.41, 5.74) is 4.22. The average molecular weight is 389 g/mol. The Labute approximate surface area is 169 Å². The number of ketones is 2. The number of carbonyl (C=O) groups is 3. The Bertz CT molecular complexity index is 1090. The van der Waals surface area contributed by atoms with Gasteiger partial charge >= 0.3 is 5.97 Å². The Morgan fingerprint density at radius 2 is 1.48 bits per heavy atom. The summed E-state index contributed by atoms with van der Waals surface area (Å²) in [6.07, 6.45) is 0. The van der Waals surface area contributed by atoms with E-state index >= 15 is 0 Å². The summed E-state index contributed by atoms with van der Waals surface area (Å²) in [6, 6.07) is 15.4. The molecule has 0 saturated heterocycles. The number of hydrogen-bond acceptors (Lipinski definition) is 4. The number of aryl methyl sites for hydroxylation is 2. The van der Waals surface area contributed by atoms with Crippen molar-refractivity contribution in [2.45, 2.75) is 20.8 Å². The molecule has 0 aliphatic carbocycles. The van der Waals surface area contributed by atoms with Crippen LogP contribution in [0.5, 0.6) is 0 Å². The second-order valence-electron chi connectivity index (χ2n) is 7.08. The van der Waals surface area contributed by atoms with E-state index in [0.29, 0.717) is 11.1 Å².